The smallest absolute Gasteiger partial charge is 0.366 e. The predicted molar refractivity (Wildman–Crippen MR) is 127 cm³/mol. The zero-order chi connectivity index (χ0) is 33.3. The van der Waals surface area contributed by atoms with Gasteiger partial charge in [0, 0.05) is 17.1 Å². The molecule has 0 radical (unpaired) electrons. The number of amides is 4. The number of imide groups is 2. The van der Waals surface area contributed by atoms with Crippen LogP contribution >= 0.6 is 0 Å². The number of aromatic carboxylic acids is 1. The Hall–Kier alpha value is -7.28. The van der Waals surface area contributed by atoms with Crippen LogP contribution in [-0.4, -0.2) is 69.6 Å². The number of phenolic OH excluding ortho intramolecular Hbond substituents is 1. The van der Waals surface area contributed by atoms with Crippen LogP contribution in [0.4, 0.5) is 33.2 Å². The van der Waals surface area contributed by atoms with Gasteiger partial charge in [0.25, 0.3) is 22.8 Å². The molecule has 226 valence electrons. The summed E-state index contributed by atoms with van der Waals surface area (Å²) >= 11 is 0. The van der Waals surface area contributed by atoms with Crippen LogP contribution in [0.2, 0.25) is 0 Å². The average Bonchev–Trinajstić information content (AvgIpc) is 2.87. The molecule has 0 bridgehead atoms. The lowest BCUT2D eigenvalue weighted by Crippen LogP contribution is -2.61. The third kappa shape index (κ3) is 8.87. The van der Waals surface area contributed by atoms with E-state index in [-0.39, 0.29) is 0 Å². The number of nitro benzene ring substituents is 5. The molecule has 2 aromatic rings. The highest BCUT2D eigenvalue weighted by molar-refractivity contribution is 6.17. The molecule has 0 atom stereocenters. The number of urea groups is 1. The largest absolute Gasteiger partial charge is 0.497 e. The Kier molecular flexibility index (Phi) is 10.7. The van der Waals surface area contributed by atoms with Gasteiger partial charge in [0.1, 0.15) is 0 Å². The number of nitrogens with one attached hydrogen (secondary N) is 2. The fourth-order valence-electron chi connectivity index (χ4n) is 2.61. The van der Waals surface area contributed by atoms with Crippen LogP contribution in [0.5, 0.6) is 5.75 Å². The van der Waals surface area contributed by atoms with E-state index in [0.29, 0.717) is 18.2 Å². The minimum Gasteiger partial charge on any atom is -0.497 e. The third-order valence-corrected chi connectivity index (χ3v) is 4.41. The Morgan fingerprint density at radius 1 is 0.628 bits per heavy atom. The Labute approximate surface area is 231 Å². The molecule has 43 heavy (non-hydrogen) atoms. The van der Waals surface area contributed by atoms with E-state index >= 15 is 0 Å². The van der Waals surface area contributed by atoms with Crippen molar-refractivity contribution < 1.29 is 58.9 Å². The van der Waals surface area contributed by atoms with Crippen LogP contribution in [-0.2, 0) is 9.59 Å². The lowest BCUT2D eigenvalue weighted by Gasteiger charge is -2.13. The van der Waals surface area contributed by atoms with Crippen molar-refractivity contribution in [3.05, 3.63) is 96.6 Å². The van der Waals surface area contributed by atoms with Crippen LogP contribution in [0, 0.1) is 60.7 Å². The highest BCUT2D eigenvalue weighted by atomic mass is 16.7. The van der Waals surface area contributed by atoms with Gasteiger partial charge in [-0.3, -0.25) is 80.9 Å². The molecule has 1 heterocycles. The second-order valence-electron chi connectivity index (χ2n) is 7.16. The first-order chi connectivity index (χ1) is 19.8. The molecule has 1 saturated heterocycles. The quantitative estimate of drug-likeness (QED) is 0.185. The van der Waals surface area contributed by atoms with Crippen molar-refractivity contribution in [2.75, 3.05) is 0 Å². The first kappa shape index (κ1) is 33.7. The fourth-order valence-corrected chi connectivity index (χ4v) is 2.61. The molecular weight excluding hydrogens is 604 g/mol. The van der Waals surface area contributed by atoms with Gasteiger partial charge >= 0.3 is 41.2 Å². The Morgan fingerprint density at radius 3 is 1.26 bits per heavy atom. The second-order valence-corrected chi connectivity index (χ2v) is 7.16. The van der Waals surface area contributed by atoms with Crippen molar-refractivity contribution >= 4 is 52.3 Å². The lowest BCUT2D eigenvalue weighted by atomic mass is 10.2. The Bertz CT molecular complexity index is 1470. The highest BCUT2D eigenvalue weighted by Crippen LogP contribution is 2.39. The molecule has 1 aliphatic heterocycles. The molecule has 26 nitrogen and oxygen atoms in total. The number of hydrogen-bond donors (Lipinski definition) is 4. The summed E-state index contributed by atoms with van der Waals surface area (Å²) in [5, 5.41) is 82.7. The molecule has 1 fully saturated rings. The van der Waals surface area contributed by atoms with Gasteiger partial charge in [-0.1, -0.05) is 0 Å². The van der Waals surface area contributed by atoms with Crippen LogP contribution in [0.25, 0.3) is 0 Å². The Morgan fingerprint density at radius 2 is 0.977 bits per heavy atom. The number of nitrogens with zero attached hydrogens (tertiary/aromatic N) is 6. The zero-order valence-corrected chi connectivity index (χ0v) is 20.1. The first-order valence-electron chi connectivity index (χ1n) is 10.0. The summed E-state index contributed by atoms with van der Waals surface area (Å²) in [6, 6.07) is 0.0488. The van der Waals surface area contributed by atoms with E-state index in [1.807, 2.05) is 0 Å². The summed E-state index contributed by atoms with van der Waals surface area (Å²) < 4.78 is 0. The van der Waals surface area contributed by atoms with Crippen LogP contribution in [0.1, 0.15) is 10.4 Å². The van der Waals surface area contributed by atoms with Crippen molar-refractivity contribution in [1.29, 1.82) is 0 Å². The van der Waals surface area contributed by atoms with Crippen molar-refractivity contribution in [3.8, 4) is 5.75 Å². The van der Waals surface area contributed by atoms with Crippen LogP contribution < -0.4 is 10.6 Å². The summed E-state index contributed by atoms with van der Waals surface area (Å²) in [5.74, 6) is -5.09. The SMILES string of the molecule is O=C(O)c1cc([N+](=O)[O-])cc([N+](=O)[O-])c1.O=C1NC(=O)C([N+](=O)[O-])C(=O)N1.O=[N+]([O-])c1cc([N+](=O)[O-])c(O)c([N+](=O)[O-])c1. The number of carbonyl (C=O) groups excluding carboxylic acids is 3. The number of carboxylic acid groups (broad SMARTS) is 1. The number of non-ortho nitro benzene ring substituents is 3. The fraction of sp³-hybridized carbons (Fsp3) is 0.0588. The van der Waals surface area contributed by atoms with Crippen molar-refractivity contribution in [2.45, 2.75) is 6.04 Å². The molecule has 2 aromatic carbocycles. The van der Waals surface area contributed by atoms with E-state index in [4.69, 9.17) is 10.2 Å². The number of carbonyl (C=O) groups is 4. The average molecular weight is 614 g/mol. The van der Waals surface area contributed by atoms with E-state index in [0.717, 1.165) is 12.1 Å². The van der Waals surface area contributed by atoms with E-state index in [1.165, 1.54) is 0 Å². The number of hydrogen-bond acceptors (Lipinski definition) is 17. The normalized spacial score (nSPS) is 12.1. The van der Waals surface area contributed by atoms with Gasteiger partial charge in [0.05, 0.1) is 48.4 Å². The van der Waals surface area contributed by atoms with Gasteiger partial charge in [-0.15, -0.1) is 0 Å². The topological polar surface area (TPSA) is 392 Å². The standard InChI is InChI=1S/C7H4N2O6.C6H3N3O7.C4H3N3O5/c10-7(11)4-1-5(8(12)13)3-6(2-4)9(14)15;10-6-4(8(13)14)1-3(7(11)12)2-5(6)9(15)16;8-2-1(7(11)12)3(9)6-4(10)5-2/h1-3H,(H,10,11);1-2,10H;1H,(H2,5,6,8,9,10). The number of barbiturate groups is 1. The number of rotatable bonds is 7. The van der Waals surface area contributed by atoms with Crippen LogP contribution in [0.15, 0.2) is 30.3 Å². The number of phenols is 1. The molecule has 0 aliphatic carbocycles. The number of nitro groups is 6. The minimum atomic E-state index is -2.03. The van der Waals surface area contributed by atoms with Gasteiger partial charge in [0.2, 0.25) is 0 Å². The summed E-state index contributed by atoms with van der Waals surface area (Å²) in [6.45, 7) is 0. The van der Waals surface area contributed by atoms with Crippen molar-refractivity contribution in [1.82, 2.24) is 10.6 Å². The maximum Gasteiger partial charge on any atom is 0.366 e. The second kappa shape index (κ2) is 13.7. The first-order valence-corrected chi connectivity index (χ1v) is 10.0. The molecule has 3 rings (SSSR count). The van der Waals surface area contributed by atoms with Gasteiger partial charge in [0.15, 0.2) is 0 Å². The monoisotopic (exact) mass is 614 g/mol. The third-order valence-electron chi connectivity index (χ3n) is 4.41. The number of carboxylic acids is 1. The van der Waals surface area contributed by atoms with Gasteiger partial charge in [-0.25, -0.2) is 9.59 Å². The number of aromatic hydroxyl groups is 1. The lowest BCUT2D eigenvalue weighted by molar-refractivity contribution is -0.494. The predicted octanol–water partition coefficient (Wildman–Crippen LogP) is 0.316. The molecule has 4 N–H and O–H groups in total. The van der Waals surface area contributed by atoms with E-state index in [1.54, 1.807) is 10.6 Å². The van der Waals surface area contributed by atoms with E-state index < -0.39 is 99.1 Å². The van der Waals surface area contributed by atoms with Crippen molar-refractivity contribution in [2.24, 2.45) is 0 Å². The summed E-state index contributed by atoms with van der Waals surface area (Å²) in [7, 11) is 0. The zero-order valence-electron chi connectivity index (χ0n) is 20.1. The summed E-state index contributed by atoms with van der Waals surface area (Å²) in [5.41, 5.74) is -4.74. The maximum atomic E-state index is 10.6. The number of benzene rings is 2. The minimum absolute atomic E-state index is 0.447. The summed E-state index contributed by atoms with van der Waals surface area (Å²) in [4.78, 5) is 97.8. The molecule has 0 saturated carbocycles. The molecule has 0 spiro atoms. The highest BCUT2D eigenvalue weighted by Gasteiger charge is 2.43. The maximum absolute atomic E-state index is 10.6. The van der Waals surface area contributed by atoms with Gasteiger partial charge in [-0.05, 0) is 0 Å². The van der Waals surface area contributed by atoms with Crippen molar-refractivity contribution in [3.63, 3.8) is 0 Å². The molecule has 26 heteroatoms. The molecule has 1 aliphatic rings. The van der Waals surface area contributed by atoms with Gasteiger partial charge in [-0.2, -0.15) is 0 Å². The van der Waals surface area contributed by atoms with E-state index in [9.17, 15) is 79.9 Å². The summed E-state index contributed by atoms with van der Waals surface area (Å²) in [6.07, 6.45) is 0. The van der Waals surface area contributed by atoms with Crippen LogP contribution in [0.3, 0.4) is 0 Å². The molecule has 4 amide bonds. The van der Waals surface area contributed by atoms with Gasteiger partial charge < -0.3 is 10.2 Å². The molecular formula is C17H10N8O18. The molecule has 0 unspecified atom stereocenters. The Balaban J connectivity index is 0.000000326. The van der Waals surface area contributed by atoms with E-state index in [2.05, 4.69) is 0 Å². The molecule has 0 aromatic heterocycles.